The van der Waals surface area contributed by atoms with Crippen LogP contribution in [0.5, 0.6) is 11.5 Å². The molecule has 0 unspecified atom stereocenters. The molecule has 0 aliphatic carbocycles. The van der Waals surface area contributed by atoms with Crippen LogP contribution in [0.25, 0.3) is 0 Å². The van der Waals surface area contributed by atoms with E-state index in [-0.39, 0.29) is 24.0 Å². The van der Waals surface area contributed by atoms with Crippen LogP contribution in [0.15, 0.2) is 42.5 Å². The number of anilines is 1. The fourth-order valence-corrected chi connectivity index (χ4v) is 4.43. The summed E-state index contributed by atoms with van der Waals surface area (Å²) in [5, 5.41) is 3.01. The first-order valence-electron chi connectivity index (χ1n) is 11.7. The number of carbonyl (C=O) groups is 2. The molecule has 0 bridgehead atoms. The molecule has 2 aliphatic rings. The van der Waals surface area contributed by atoms with Gasteiger partial charge in [0.1, 0.15) is 5.60 Å². The van der Waals surface area contributed by atoms with E-state index in [1.807, 2.05) is 56.3 Å². The van der Waals surface area contributed by atoms with Crippen LogP contribution in [0.3, 0.4) is 0 Å². The van der Waals surface area contributed by atoms with Gasteiger partial charge in [0.05, 0.1) is 6.54 Å². The van der Waals surface area contributed by atoms with Gasteiger partial charge in [-0.2, -0.15) is 0 Å². The first-order chi connectivity index (χ1) is 15.8. The highest BCUT2D eigenvalue weighted by molar-refractivity contribution is 5.93. The molecule has 2 heterocycles. The molecule has 4 rings (SSSR count). The maximum atomic E-state index is 12.7. The summed E-state index contributed by atoms with van der Waals surface area (Å²) in [6.07, 6.45) is 1.70. The molecule has 2 amide bonds. The summed E-state index contributed by atoms with van der Waals surface area (Å²) in [6, 6.07) is 13.7. The Kier molecular flexibility index (Phi) is 6.88. The van der Waals surface area contributed by atoms with Crippen molar-refractivity contribution in [1.82, 2.24) is 9.80 Å². The SMILES string of the molecule is CCc1ccccc1NC(=O)CN1CCN(C(=O)COc2cccc3c2OC(C)(C)C3)CC1. The Morgan fingerprint density at radius 1 is 1.06 bits per heavy atom. The van der Waals surface area contributed by atoms with Gasteiger partial charge in [-0.05, 0) is 38.0 Å². The van der Waals surface area contributed by atoms with E-state index in [0.29, 0.717) is 38.5 Å². The van der Waals surface area contributed by atoms with Crippen LogP contribution in [0.2, 0.25) is 0 Å². The molecule has 0 aromatic heterocycles. The Balaban J connectivity index is 1.23. The second kappa shape index (κ2) is 9.83. The van der Waals surface area contributed by atoms with Crippen molar-refractivity contribution < 1.29 is 19.1 Å². The molecule has 1 saturated heterocycles. The van der Waals surface area contributed by atoms with Crippen molar-refractivity contribution in [3.8, 4) is 11.5 Å². The molecule has 176 valence electrons. The topological polar surface area (TPSA) is 71.1 Å². The van der Waals surface area contributed by atoms with Crippen LogP contribution in [-0.4, -0.2) is 66.5 Å². The average Bonchev–Trinajstić information content (AvgIpc) is 3.12. The van der Waals surface area contributed by atoms with Crippen LogP contribution in [0.4, 0.5) is 5.69 Å². The zero-order chi connectivity index (χ0) is 23.4. The molecular weight excluding hydrogens is 418 g/mol. The molecular formula is C26H33N3O4. The Hall–Kier alpha value is -3.06. The lowest BCUT2D eigenvalue weighted by Gasteiger charge is -2.34. The predicted octanol–water partition coefficient (Wildman–Crippen LogP) is 3.12. The quantitative estimate of drug-likeness (QED) is 0.700. The molecule has 0 atom stereocenters. The van der Waals surface area contributed by atoms with Crippen molar-refractivity contribution >= 4 is 17.5 Å². The fourth-order valence-electron chi connectivity index (χ4n) is 4.43. The Bertz CT molecular complexity index is 1010. The van der Waals surface area contributed by atoms with E-state index in [2.05, 4.69) is 17.1 Å². The predicted molar refractivity (Wildman–Crippen MR) is 128 cm³/mol. The highest BCUT2D eigenvalue weighted by atomic mass is 16.5. The number of nitrogens with zero attached hydrogens (tertiary/aromatic N) is 2. The number of piperazine rings is 1. The van der Waals surface area contributed by atoms with Gasteiger partial charge in [0.2, 0.25) is 5.91 Å². The van der Waals surface area contributed by atoms with Gasteiger partial charge in [-0.1, -0.05) is 37.3 Å². The summed E-state index contributed by atoms with van der Waals surface area (Å²) in [5.41, 5.74) is 2.85. The third-order valence-electron chi connectivity index (χ3n) is 6.17. The average molecular weight is 452 g/mol. The van der Waals surface area contributed by atoms with Gasteiger partial charge in [0, 0.05) is 43.9 Å². The standard InChI is InChI=1S/C26H33N3O4/c1-4-19-8-5-6-10-21(19)27-23(30)17-28-12-14-29(15-13-28)24(31)18-32-22-11-7-9-20-16-26(2,3)33-25(20)22/h5-11H,4,12-18H2,1-3H3,(H,27,30). The highest BCUT2D eigenvalue weighted by Crippen LogP contribution is 2.41. The number of aryl methyl sites for hydroxylation is 1. The molecule has 2 aliphatic heterocycles. The maximum absolute atomic E-state index is 12.7. The summed E-state index contributed by atoms with van der Waals surface area (Å²) in [4.78, 5) is 29.1. The van der Waals surface area contributed by atoms with Gasteiger partial charge in [-0.15, -0.1) is 0 Å². The van der Waals surface area contributed by atoms with E-state index in [0.717, 1.165) is 35.4 Å². The number of benzene rings is 2. The minimum Gasteiger partial charge on any atom is -0.483 e. The summed E-state index contributed by atoms with van der Waals surface area (Å²) >= 11 is 0. The van der Waals surface area contributed by atoms with Gasteiger partial charge < -0.3 is 19.7 Å². The van der Waals surface area contributed by atoms with E-state index < -0.39 is 0 Å². The molecule has 33 heavy (non-hydrogen) atoms. The Morgan fingerprint density at radius 3 is 2.58 bits per heavy atom. The number of hydrogen-bond acceptors (Lipinski definition) is 5. The van der Waals surface area contributed by atoms with Crippen LogP contribution in [-0.2, 0) is 22.4 Å². The largest absolute Gasteiger partial charge is 0.483 e. The molecule has 0 spiro atoms. The molecule has 1 N–H and O–H groups in total. The summed E-state index contributed by atoms with van der Waals surface area (Å²) in [7, 11) is 0. The Labute approximate surface area is 195 Å². The van der Waals surface area contributed by atoms with E-state index >= 15 is 0 Å². The van der Waals surface area contributed by atoms with Crippen LogP contribution in [0.1, 0.15) is 31.9 Å². The second-order valence-electron chi connectivity index (χ2n) is 9.29. The first kappa shape index (κ1) is 23.1. The zero-order valence-electron chi connectivity index (χ0n) is 19.7. The van der Waals surface area contributed by atoms with Crippen molar-refractivity contribution in [2.24, 2.45) is 0 Å². The molecule has 2 aromatic rings. The van der Waals surface area contributed by atoms with Crippen LogP contribution < -0.4 is 14.8 Å². The monoisotopic (exact) mass is 451 g/mol. The number of fused-ring (bicyclic) bond motifs is 1. The third kappa shape index (κ3) is 5.66. The highest BCUT2D eigenvalue weighted by Gasteiger charge is 2.32. The minimum atomic E-state index is -0.257. The first-order valence-corrected chi connectivity index (χ1v) is 11.7. The van der Waals surface area contributed by atoms with Crippen molar-refractivity contribution in [3.05, 3.63) is 53.6 Å². The smallest absolute Gasteiger partial charge is 0.260 e. The number of ether oxygens (including phenoxy) is 2. The third-order valence-corrected chi connectivity index (χ3v) is 6.17. The lowest BCUT2D eigenvalue weighted by molar-refractivity contribution is -0.135. The molecule has 2 aromatic carbocycles. The van der Waals surface area contributed by atoms with Gasteiger partial charge in [0.15, 0.2) is 18.1 Å². The van der Waals surface area contributed by atoms with E-state index in [1.165, 1.54) is 0 Å². The summed E-state index contributed by atoms with van der Waals surface area (Å²) in [6.45, 7) is 8.95. The second-order valence-corrected chi connectivity index (χ2v) is 9.29. The number of rotatable bonds is 7. The zero-order valence-corrected chi connectivity index (χ0v) is 19.7. The molecule has 7 nitrogen and oxygen atoms in total. The van der Waals surface area contributed by atoms with Crippen LogP contribution >= 0.6 is 0 Å². The maximum Gasteiger partial charge on any atom is 0.260 e. The van der Waals surface area contributed by atoms with Crippen molar-refractivity contribution in [2.75, 3.05) is 44.6 Å². The lowest BCUT2D eigenvalue weighted by Crippen LogP contribution is -2.51. The van der Waals surface area contributed by atoms with Crippen LogP contribution in [0, 0.1) is 0 Å². The van der Waals surface area contributed by atoms with Gasteiger partial charge in [-0.25, -0.2) is 0 Å². The number of nitrogens with one attached hydrogen (secondary N) is 1. The summed E-state index contributed by atoms with van der Waals surface area (Å²) < 4.78 is 11.9. The van der Waals surface area contributed by atoms with E-state index in [9.17, 15) is 9.59 Å². The molecule has 0 radical (unpaired) electrons. The number of amides is 2. The molecule has 7 heteroatoms. The fraction of sp³-hybridized carbons (Fsp3) is 0.462. The molecule has 0 saturated carbocycles. The van der Waals surface area contributed by atoms with Crippen molar-refractivity contribution in [2.45, 2.75) is 39.2 Å². The molecule has 1 fully saturated rings. The van der Waals surface area contributed by atoms with E-state index in [1.54, 1.807) is 4.90 Å². The lowest BCUT2D eigenvalue weighted by atomic mass is 10.0. The van der Waals surface area contributed by atoms with Crippen molar-refractivity contribution in [3.63, 3.8) is 0 Å². The number of para-hydroxylation sites is 2. The number of carbonyl (C=O) groups excluding carboxylic acids is 2. The minimum absolute atomic E-state index is 0.0193. The van der Waals surface area contributed by atoms with E-state index in [4.69, 9.17) is 9.47 Å². The van der Waals surface area contributed by atoms with Gasteiger partial charge >= 0.3 is 0 Å². The van der Waals surface area contributed by atoms with Gasteiger partial charge in [-0.3, -0.25) is 14.5 Å². The number of hydrogen-bond donors (Lipinski definition) is 1. The van der Waals surface area contributed by atoms with Gasteiger partial charge in [0.25, 0.3) is 5.91 Å². The normalized spacial score (nSPS) is 17.2. The Morgan fingerprint density at radius 2 is 1.82 bits per heavy atom. The van der Waals surface area contributed by atoms with Crippen molar-refractivity contribution in [1.29, 1.82) is 0 Å². The summed E-state index contributed by atoms with van der Waals surface area (Å²) in [5.74, 6) is 1.29.